The Morgan fingerprint density at radius 3 is 2.65 bits per heavy atom. The molecule has 2 aromatic heterocycles. The number of nitrogens with zero attached hydrogens (tertiary/aromatic N) is 4. The quantitative estimate of drug-likeness (QED) is 0.759. The second kappa shape index (κ2) is 5.00. The molecule has 3 aromatic rings. The van der Waals surface area contributed by atoms with Gasteiger partial charge in [-0.2, -0.15) is 5.10 Å². The topological polar surface area (TPSA) is 75.9 Å². The van der Waals surface area contributed by atoms with E-state index in [9.17, 15) is 5.11 Å². The highest BCUT2D eigenvalue weighted by atomic mass is 16.3. The maximum absolute atomic E-state index is 10.1. The van der Waals surface area contributed by atoms with E-state index in [4.69, 9.17) is 0 Å². The number of aromatic nitrogens is 4. The molecule has 0 fully saturated rings. The van der Waals surface area contributed by atoms with Gasteiger partial charge in [0.2, 0.25) is 0 Å². The molecule has 1 aromatic carbocycles. The zero-order valence-electron chi connectivity index (χ0n) is 10.9. The van der Waals surface area contributed by atoms with Crippen LogP contribution in [0.1, 0.15) is 0 Å². The summed E-state index contributed by atoms with van der Waals surface area (Å²) >= 11 is 0. The molecule has 20 heavy (non-hydrogen) atoms. The second-order valence-corrected chi connectivity index (χ2v) is 4.21. The highest BCUT2D eigenvalue weighted by Gasteiger charge is 2.08. The van der Waals surface area contributed by atoms with Gasteiger partial charge in [0.05, 0.1) is 11.4 Å². The SMILES string of the molecule is CNc1ccc(-c2ccc(-n3cccn3)cc2O)nn1. The first kappa shape index (κ1) is 12.2. The Kier molecular flexibility index (Phi) is 3.04. The molecule has 2 heterocycles. The molecule has 0 saturated carbocycles. The van der Waals surface area contributed by atoms with Gasteiger partial charge in [0.1, 0.15) is 11.6 Å². The summed E-state index contributed by atoms with van der Waals surface area (Å²) in [5.41, 5.74) is 2.04. The lowest BCUT2D eigenvalue weighted by Crippen LogP contribution is -1.97. The van der Waals surface area contributed by atoms with Crippen LogP contribution in [0.25, 0.3) is 16.9 Å². The summed E-state index contributed by atoms with van der Waals surface area (Å²) in [6.45, 7) is 0. The molecule has 0 aliphatic carbocycles. The molecule has 0 radical (unpaired) electrons. The predicted molar refractivity (Wildman–Crippen MR) is 75.8 cm³/mol. The Labute approximate surface area is 115 Å². The van der Waals surface area contributed by atoms with Crippen LogP contribution >= 0.6 is 0 Å². The van der Waals surface area contributed by atoms with E-state index in [0.29, 0.717) is 17.1 Å². The van der Waals surface area contributed by atoms with Crippen LogP contribution in [0.5, 0.6) is 5.75 Å². The highest BCUT2D eigenvalue weighted by molar-refractivity contribution is 5.68. The van der Waals surface area contributed by atoms with E-state index in [1.165, 1.54) is 0 Å². The fraction of sp³-hybridized carbons (Fsp3) is 0.0714. The van der Waals surface area contributed by atoms with Gasteiger partial charge < -0.3 is 10.4 Å². The van der Waals surface area contributed by atoms with Crippen molar-refractivity contribution in [2.75, 3.05) is 12.4 Å². The van der Waals surface area contributed by atoms with Crippen molar-refractivity contribution in [3.05, 3.63) is 48.8 Å². The zero-order chi connectivity index (χ0) is 13.9. The van der Waals surface area contributed by atoms with Gasteiger partial charge >= 0.3 is 0 Å². The highest BCUT2D eigenvalue weighted by Crippen LogP contribution is 2.29. The molecular weight excluding hydrogens is 254 g/mol. The molecule has 6 nitrogen and oxygen atoms in total. The molecule has 0 saturated heterocycles. The lowest BCUT2D eigenvalue weighted by Gasteiger charge is -2.07. The van der Waals surface area contributed by atoms with E-state index in [0.717, 1.165) is 5.69 Å². The third kappa shape index (κ3) is 2.18. The van der Waals surface area contributed by atoms with E-state index in [1.54, 1.807) is 30.1 Å². The molecule has 100 valence electrons. The Hall–Kier alpha value is -2.89. The first-order valence-corrected chi connectivity index (χ1v) is 6.13. The number of anilines is 1. The van der Waals surface area contributed by atoms with Crippen molar-refractivity contribution in [3.8, 4) is 22.7 Å². The van der Waals surface area contributed by atoms with Gasteiger partial charge in [0, 0.05) is 31.1 Å². The van der Waals surface area contributed by atoms with E-state index in [2.05, 4.69) is 20.6 Å². The second-order valence-electron chi connectivity index (χ2n) is 4.21. The van der Waals surface area contributed by atoms with Crippen LogP contribution in [0.4, 0.5) is 5.82 Å². The Bertz CT molecular complexity index is 707. The molecule has 0 bridgehead atoms. The first-order valence-electron chi connectivity index (χ1n) is 6.13. The Morgan fingerprint density at radius 1 is 1.15 bits per heavy atom. The minimum Gasteiger partial charge on any atom is -0.507 e. The third-order valence-corrected chi connectivity index (χ3v) is 2.95. The van der Waals surface area contributed by atoms with Crippen molar-refractivity contribution in [1.82, 2.24) is 20.0 Å². The molecule has 3 rings (SSSR count). The lowest BCUT2D eigenvalue weighted by atomic mass is 10.1. The lowest BCUT2D eigenvalue weighted by molar-refractivity contribution is 0.476. The number of benzene rings is 1. The maximum Gasteiger partial charge on any atom is 0.148 e. The smallest absolute Gasteiger partial charge is 0.148 e. The van der Waals surface area contributed by atoms with E-state index in [1.807, 2.05) is 30.5 Å². The summed E-state index contributed by atoms with van der Waals surface area (Å²) in [5, 5.41) is 25.2. The van der Waals surface area contributed by atoms with Crippen LogP contribution in [-0.4, -0.2) is 32.1 Å². The molecule has 0 spiro atoms. The summed E-state index contributed by atoms with van der Waals surface area (Å²) in [4.78, 5) is 0. The minimum absolute atomic E-state index is 0.143. The molecule has 0 aliphatic rings. The molecular formula is C14H13N5O. The van der Waals surface area contributed by atoms with Gasteiger partial charge in [-0.3, -0.25) is 0 Å². The van der Waals surface area contributed by atoms with Crippen molar-refractivity contribution >= 4 is 5.82 Å². The monoisotopic (exact) mass is 267 g/mol. The minimum atomic E-state index is 0.143. The van der Waals surface area contributed by atoms with Crippen LogP contribution in [0.3, 0.4) is 0 Å². The van der Waals surface area contributed by atoms with Crippen molar-refractivity contribution in [1.29, 1.82) is 0 Å². The number of hydrogen-bond donors (Lipinski definition) is 2. The number of aromatic hydroxyl groups is 1. The molecule has 6 heteroatoms. The van der Waals surface area contributed by atoms with Crippen LogP contribution in [-0.2, 0) is 0 Å². The number of phenols is 1. The number of phenolic OH excluding ortho intramolecular Hbond substituents is 1. The van der Waals surface area contributed by atoms with Crippen LogP contribution < -0.4 is 5.32 Å². The van der Waals surface area contributed by atoms with Crippen LogP contribution in [0.2, 0.25) is 0 Å². The summed E-state index contributed by atoms with van der Waals surface area (Å²) < 4.78 is 1.68. The molecule has 0 aliphatic heterocycles. The van der Waals surface area contributed by atoms with Gasteiger partial charge in [0.15, 0.2) is 0 Å². The van der Waals surface area contributed by atoms with E-state index < -0.39 is 0 Å². The summed E-state index contributed by atoms with van der Waals surface area (Å²) in [5.74, 6) is 0.825. The van der Waals surface area contributed by atoms with Crippen molar-refractivity contribution in [2.45, 2.75) is 0 Å². The van der Waals surface area contributed by atoms with Gasteiger partial charge in [0.25, 0.3) is 0 Å². The average molecular weight is 267 g/mol. The third-order valence-electron chi connectivity index (χ3n) is 2.95. The summed E-state index contributed by atoms with van der Waals surface area (Å²) in [6.07, 6.45) is 3.50. The van der Waals surface area contributed by atoms with Gasteiger partial charge in [-0.25, -0.2) is 4.68 Å². The summed E-state index contributed by atoms with van der Waals surface area (Å²) in [7, 11) is 1.78. The molecule has 0 unspecified atom stereocenters. The van der Waals surface area contributed by atoms with Gasteiger partial charge in [-0.1, -0.05) is 0 Å². The number of rotatable bonds is 3. The Balaban J connectivity index is 1.98. The standard InChI is InChI=1S/C14H13N5O/c1-15-14-6-5-12(17-18-14)11-4-3-10(9-13(11)20)19-8-2-7-16-19/h2-9,20H,1H3,(H,15,18). The first-order chi connectivity index (χ1) is 9.78. The van der Waals surface area contributed by atoms with E-state index >= 15 is 0 Å². The predicted octanol–water partition coefficient (Wildman–Crippen LogP) is 2.08. The van der Waals surface area contributed by atoms with Crippen molar-refractivity contribution in [2.24, 2.45) is 0 Å². The van der Waals surface area contributed by atoms with E-state index in [-0.39, 0.29) is 5.75 Å². The largest absolute Gasteiger partial charge is 0.507 e. The fourth-order valence-electron chi connectivity index (χ4n) is 1.91. The van der Waals surface area contributed by atoms with Crippen LogP contribution in [0, 0.1) is 0 Å². The molecule has 2 N–H and O–H groups in total. The van der Waals surface area contributed by atoms with Gasteiger partial charge in [-0.05, 0) is 30.3 Å². The normalized spacial score (nSPS) is 10.4. The fourth-order valence-corrected chi connectivity index (χ4v) is 1.91. The number of nitrogens with one attached hydrogen (secondary N) is 1. The molecule has 0 atom stereocenters. The Morgan fingerprint density at radius 2 is 2.05 bits per heavy atom. The number of hydrogen-bond acceptors (Lipinski definition) is 5. The van der Waals surface area contributed by atoms with Crippen molar-refractivity contribution in [3.63, 3.8) is 0 Å². The van der Waals surface area contributed by atoms with Gasteiger partial charge in [-0.15, -0.1) is 10.2 Å². The zero-order valence-corrected chi connectivity index (χ0v) is 10.9. The average Bonchev–Trinajstić information content (AvgIpc) is 3.01. The maximum atomic E-state index is 10.1. The van der Waals surface area contributed by atoms with Crippen molar-refractivity contribution < 1.29 is 5.11 Å². The molecule has 0 amide bonds. The summed E-state index contributed by atoms with van der Waals surface area (Å²) in [6, 6.07) is 10.8. The van der Waals surface area contributed by atoms with Crippen LogP contribution in [0.15, 0.2) is 48.8 Å².